The number of nitrogens with zero attached hydrogens (tertiary/aromatic N) is 1. The first kappa shape index (κ1) is 17.0. The van der Waals surface area contributed by atoms with Crippen LogP contribution in [0, 0.1) is 5.82 Å². The molecule has 2 aromatic rings. The van der Waals surface area contributed by atoms with Gasteiger partial charge in [-0.15, -0.1) is 0 Å². The fourth-order valence-electron chi connectivity index (χ4n) is 1.72. The summed E-state index contributed by atoms with van der Waals surface area (Å²) in [7, 11) is 0. The Morgan fingerprint density at radius 1 is 1.22 bits per heavy atom. The number of anilines is 1. The lowest BCUT2D eigenvalue weighted by Gasteiger charge is -2.10. The maximum Gasteiger partial charge on any atom is 0.433 e. The van der Waals surface area contributed by atoms with Gasteiger partial charge < -0.3 is 10.6 Å². The molecule has 2 N–H and O–H groups in total. The topological polar surface area (TPSA) is 54.0 Å². The molecule has 122 valence electrons. The van der Waals surface area contributed by atoms with E-state index in [1.54, 1.807) is 0 Å². The zero-order valence-corrected chi connectivity index (χ0v) is 12.2. The third-order valence-electron chi connectivity index (χ3n) is 2.69. The average Bonchev–Trinajstić information content (AvgIpc) is 2.43. The van der Waals surface area contributed by atoms with Crippen LogP contribution < -0.4 is 10.6 Å². The lowest BCUT2D eigenvalue weighted by molar-refractivity contribution is -0.141. The van der Waals surface area contributed by atoms with Crippen molar-refractivity contribution in [2.45, 2.75) is 12.7 Å². The van der Waals surface area contributed by atoms with Gasteiger partial charge in [0.2, 0.25) is 0 Å². The molecule has 1 aromatic carbocycles. The highest BCUT2D eigenvalue weighted by molar-refractivity contribution is 6.30. The quantitative estimate of drug-likeness (QED) is 0.817. The van der Waals surface area contributed by atoms with Crippen LogP contribution in [0.5, 0.6) is 0 Å². The first-order chi connectivity index (χ1) is 10.7. The van der Waals surface area contributed by atoms with Crippen molar-refractivity contribution in [1.82, 2.24) is 10.3 Å². The first-order valence-corrected chi connectivity index (χ1v) is 6.65. The number of nitrogens with one attached hydrogen (secondary N) is 2. The third kappa shape index (κ3) is 5.10. The minimum Gasteiger partial charge on any atom is -0.334 e. The number of hydrogen-bond donors (Lipinski definition) is 2. The summed E-state index contributed by atoms with van der Waals surface area (Å²) in [5.41, 5.74) is -0.702. The Balaban J connectivity index is 1.97. The fraction of sp³-hybridized carbons (Fsp3) is 0.143. The summed E-state index contributed by atoms with van der Waals surface area (Å²) in [4.78, 5) is 14.9. The van der Waals surface area contributed by atoms with E-state index in [0.29, 0.717) is 0 Å². The molecule has 0 aliphatic heterocycles. The van der Waals surface area contributed by atoms with E-state index in [1.165, 1.54) is 12.1 Å². The molecule has 1 aromatic heterocycles. The Hall–Kier alpha value is -2.35. The van der Waals surface area contributed by atoms with Crippen molar-refractivity contribution in [2.24, 2.45) is 0 Å². The SMILES string of the molecule is O=C(NCc1ccnc(C(F)(F)F)c1)Nc1cc(F)cc(Cl)c1. The number of alkyl halides is 3. The van der Waals surface area contributed by atoms with Crippen LogP contribution in [0.3, 0.4) is 0 Å². The molecule has 0 atom stereocenters. The number of carbonyl (C=O) groups excluding carboxylic acids is 1. The van der Waals surface area contributed by atoms with Crippen molar-refractivity contribution >= 4 is 23.3 Å². The first-order valence-electron chi connectivity index (χ1n) is 6.27. The maximum absolute atomic E-state index is 13.1. The predicted octanol–water partition coefficient (Wildman–Crippen LogP) is 4.21. The molecule has 4 nitrogen and oxygen atoms in total. The summed E-state index contributed by atoms with van der Waals surface area (Å²) in [5, 5.41) is 4.78. The number of benzene rings is 1. The molecule has 2 amide bonds. The molecule has 0 bridgehead atoms. The monoisotopic (exact) mass is 347 g/mol. The summed E-state index contributed by atoms with van der Waals surface area (Å²) in [6.45, 7) is -0.152. The summed E-state index contributed by atoms with van der Waals surface area (Å²) >= 11 is 5.64. The zero-order chi connectivity index (χ0) is 17.0. The van der Waals surface area contributed by atoms with Crippen molar-refractivity contribution in [3.05, 3.63) is 58.6 Å². The molecule has 2 rings (SSSR count). The number of rotatable bonds is 3. The molecule has 1 heterocycles. The van der Waals surface area contributed by atoms with Crippen molar-refractivity contribution in [1.29, 1.82) is 0 Å². The van der Waals surface area contributed by atoms with E-state index < -0.39 is 23.7 Å². The normalized spacial score (nSPS) is 11.2. The van der Waals surface area contributed by atoms with Crippen LogP contribution in [0.25, 0.3) is 0 Å². The van der Waals surface area contributed by atoms with Gasteiger partial charge >= 0.3 is 12.2 Å². The second kappa shape index (κ2) is 6.82. The van der Waals surface area contributed by atoms with Crippen molar-refractivity contribution in [3.8, 4) is 0 Å². The van der Waals surface area contributed by atoms with Gasteiger partial charge in [-0.05, 0) is 35.9 Å². The van der Waals surface area contributed by atoms with Gasteiger partial charge in [0.05, 0.1) is 0 Å². The second-order valence-electron chi connectivity index (χ2n) is 4.51. The standard InChI is InChI=1S/C14H10ClF4N3O/c15-9-4-10(16)6-11(5-9)22-13(23)21-7-8-1-2-20-12(3-8)14(17,18)19/h1-6H,7H2,(H2,21,22,23). The van der Waals surface area contributed by atoms with Gasteiger partial charge in [0, 0.05) is 23.5 Å². The lowest BCUT2D eigenvalue weighted by atomic mass is 10.2. The molecule has 0 radical (unpaired) electrons. The molecule has 23 heavy (non-hydrogen) atoms. The third-order valence-corrected chi connectivity index (χ3v) is 2.91. The van der Waals surface area contributed by atoms with Crippen LogP contribution >= 0.6 is 11.6 Å². The number of hydrogen-bond acceptors (Lipinski definition) is 2. The minimum atomic E-state index is -4.56. The van der Waals surface area contributed by atoms with Crippen molar-refractivity contribution in [3.63, 3.8) is 0 Å². The summed E-state index contributed by atoms with van der Waals surface area (Å²) < 4.78 is 50.7. The molecule has 0 spiro atoms. The summed E-state index contributed by atoms with van der Waals surface area (Å²) in [6, 6.07) is 4.92. The van der Waals surface area contributed by atoms with Crippen molar-refractivity contribution < 1.29 is 22.4 Å². The fourth-order valence-corrected chi connectivity index (χ4v) is 1.94. The predicted molar refractivity (Wildman–Crippen MR) is 76.5 cm³/mol. The van der Waals surface area contributed by atoms with E-state index in [0.717, 1.165) is 24.4 Å². The summed E-state index contributed by atoms with van der Waals surface area (Å²) in [6.07, 6.45) is -3.55. The Morgan fingerprint density at radius 2 is 1.96 bits per heavy atom. The van der Waals surface area contributed by atoms with Gasteiger partial charge in [-0.25, -0.2) is 9.18 Å². The maximum atomic E-state index is 13.1. The number of pyridine rings is 1. The number of aromatic nitrogens is 1. The van der Waals surface area contributed by atoms with E-state index >= 15 is 0 Å². The Labute approximate surface area is 133 Å². The zero-order valence-electron chi connectivity index (χ0n) is 11.4. The molecule has 0 saturated heterocycles. The van der Waals surface area contributed by atoms with Gasteiger partial charge in [-0.1, -0.05) is 11.6 Å². The van der Waals surface area contributed by atoms with Crippen LogP contribution in [0.1, 0.15) is 11.3 Å². The molecule has 0 aliphatic rings. The second-order valence-corrected chi connectivity index (χ2v) is 4.95. The van der Waals surface area contributed by atoms with Gasteiger partial charge in [-0.3, -0.25) is 4.98 Å². The van der Waals surface area contributed by atoms with Crippen LogP contribution in [0.4, 0.5) is 28.0 Å². The molecule has 9 heteroatoms. The van der Waals surface area contributed by atoms with Gasteiger partial charge in [0.1, 0.15) is 11.5 Å². The van der Waals surface area contributed by atoms with E-state index in [-0.39, 0.29) is 22.8 Å². The van der Waals surface area contributed by atoms with Crippen LogP contribution in [0.2, 0.25) is 5.02 Å². The molecule has 0 fully saturated rings. The molecule has 0 aliphatic carbocycles. The number of carbonyl (C=O) groups is 1. The van der Waals surface area contributed by atoms with Crippen LogP contribution in [0.15, 0.2) is 36.5 Å². The van der Waals surface area contributed by atoms with Gasteiger partial charge in [0.15, 0.2) is 0 Å². The highest BCUT2D eigenvalue weighted by Gasteiger charge is 2.32. The molecular weight excluding hydrogens is 338 g/mol. The average molecular weight is 348 g/mol. The highest BCUT2D eigenvalue weighted by Crippen LogP contribution is 2.27. The number of halogens is 5. The minimum absolute atomic E-state index is 0.101. The Bertz CT molecular complexity index is 701. The van der Waals surface area contributed by atoms with Crippen LogP contribution in [-0.2, 0) is 12.7 Å². The smallest absolute Gasteiger partial charge is 0.334 e. The largest absolute Gasteiger partial charge is 0.433 e. The van der Waals surface area contributed by atoms with Gasteiger partial charge in [-0.2, -0.15) is 13.2 Å². The Kier molecular flexibility index (Phi) is 5.05. The Morgan fingerprint density at radius 3 is 2.61 bits per heavy atom. The van der Waals surface area contributed by atoms with E-state index in [2.05, 4.69) is 15.6 Å². The van der Waals surface area contributed by atoms with E-state index in [4.69, 9.17) is 11.6 Å². The molecule has 0 unspecified atom stereocenters. The van der Waals surface area contributed by atoms with Crippen molar-refractivity contribution in [2.75, 3.05) is 5.32 Å². The van der Waals surface area contributed by atoms with Crippen LogP contribution in [-0.4, -0.2) is 11.0 Å². The van der Waals surface area contributed by atoms with Gasteiger partial charge in [0.25, 0.3) is 0 Å². The van der Waals surface area contributed by atoms with E-state index in [1.807, 2.05) is 0 Å². The lowest BCUT2D eigenvalue weighted by Crippen LogP contribution is -2.28. The number of amides is 2. The molecular formula is C14H10ClF4N3O. The highest BCUT2D eigenvalue weighted by atomic mass is 35.5. The molecule has 0 saturated carbocycles. The summed E-state index contributed by atoms with van der Waals surface area (Å²) in [5.74, 6) is -0.628. The number of urea groups is 1. The van der Waals surface area contributed by atoms with E-state index in [9.17, 15) is 22.4 Å².